The molecule has 1 N–H and O–H groups in total. The number of anilines is 1. The van der Waals surface area contributed by atoms with E-state index in [1.807, 2.05) is 4.90 Å². The summed E-state index contributed by atoms with van der Waals surface area (Å²) in [7, 11) is 0. The number of hydrogen-bond acceptors (Lipinski definition) is 2. The van der Waals surface area contributed by atoms with Crippen LogP contribution in [0, 0.1) is 0 Å². The molecule has 122 valence electrons. The van der Waals surface area contributed by atoms with E-state index >= 15 is 0 Å². The smallest absolute Gasteiger partial charge is 0.369 e. The van der Waals surface area contributed by atoms with E-state index in [2.05, 4.69) is 5.32 Å². The van der Waals surface area contributed by atoms with Gasteiger partial charge in [0.15, 0.2) is 0 Å². The third-order valence-corrected chi connectivity index (χ3v) is 3.93. The summed E-state index contributed by atoms with van der Waals surface area (Å²) in [5.74, 6) is -0.297. The fraction of sp³-hybridized carbons (Fsp3) is 0.562. The SMILES string of the molecule is CC(=O)NC1CCN(c2ccc(C(C)C)c(C(F)(F)F)c2)C1. The predicted molar refractivity (Wildman–Crippen MR) is 80.0 cm³/mol. The van der Waals surface area contributed by atoms with E-state index in [1.165, 1.54) is 13.0 Å². The number of alkyl halides is 3. The lowest BCUT2D eigenvalue weighted by Gasteiger charge is -2.23. The molecule has 6 heteroatoms. The number of nitrogens with zero attached hydrogens (tertiary/aromatic N) is 1. The molecule has 3 nitrogen and oxygen atoms in total. The molecule has 1 aliphatic heterocycles. The molecule has 2 rings (SSSR count). The monoisotopic (exact) mass is 314 g/mol. The van der Waals surface area contributed by atoms with Crippen LogP contribution in [0.5, 0.6) is 0 Å². The highest BCUT2D eigenvalue weighted by molar-refractivity contribution is 5.73. The van der Waals surface area contributed by atoms with Gasteiger partial charge in [-0.05, 0) is 30.0 Å². The predicted octanol–water partition coefficient (Wildman–Crippen LogP) is 3.54. The molecule has 1 aliphatic rings. The summed E-state index contributed by atoms with van der Waals surface area (Å²) in [4.78, 5) is 13.0. The molecule has 1 heterocycles. The Morgan fingerprint density at radius 3 is 2.59 bits per heavy atom. The number of carbonyl (C=O) groups excluding carboxylic acids is 1. The average Bonchev–Trinajstić information content (AvgIpc) is 2.84. The number of nitrogens with one attached hydrogen (secondary N) is 1. The van der Waals surface area contributed by atoms with Crippen molar-refractivity contribution < 1.29 is 18.0 Å². The fourth-order valence-corrected chi connectivity index (χ4v) is 2.89. The van der Waals surface area contributed by atoms with Gasteiger partial charge in [-0.3, -0.25) is 4.79 Å². The molecule has 1 aromatic carbocycles. The fourth-order valence-electron chi connectivity index (χ4n) is 2.89. The summed E-state index contributed by atoms with van der Waals surface area (Å²) in [6.07, 6.45) is -3.61. The Kier molecular flexibility index (Phi) is 4.68. The Bertz CT molecular complexity index is 555. The van der Waals surface area contributed by atoms with Crippen molar-refractivity contribution >= 4 is 11.6 Å². The maximum atomic E-state index is 13.2. The molecule has 1 fully saturated rings. The third kappa shape index (κ3) is 3.72. The van der Waals surface area contributed by atoms with E-state index in [0.29, 0.717) is 24.3 Å². The van der Waals surface area contributed by atoms with Crippen molar-refractivity contribution in [3.8, 4) is 0 Å². The first kappa shape index (κ1) is 16.6. The van der Waals surface area contributed by atoms with Crippen LogP contribution in [-0.2, 0) is 11.0 Å². The standard InChI is InChI=1S/C16H21F3N2O/c1-10(2)14-5-4-13(8-15(14)16(17,18)19)21-7-6-12(9-21)20-11(3)22/h4-5,8,10,12H,6-7,9H2,1-3H3,(H,20,22). The second kappa shape index (κ2) is 6.18. The van der Waals surface area contributed by atoms with Gasteiger partial charge in [0.1, 0.15) is 0 Å². The Balaban J connectivity index is 2.25. The van der Waals surface area contributed by atoms with E-state index in [1.54, 1.807) is 26.0 Å². The number of amides is 1. The lowest BCUT2D eigenvalue weighted by atomic mass is 9.96. The molecule has 0 aliphatic carbocycles. The zero-order valence-electron chi connectivity index (χ0n) is 13.0. The second-order valence-corrected chi connectivity index (χ2v) is 6.06. The summed E-state index contributed by atoms with van der Waals surface area (Å²) in [6, 6.07) is 4.53. The summed E-state index contributed by atoms with van der Waals surface area (Å²) in [5, 5.41) is 2.81. The molecule has 22 heavy (non-hydrogen) atoms. The van der Waals surface area contributed by atoms with Crippen LogP contribution < -0.4 is 10.2 Å². The summed E-state index contributed by atoms with van der Waals surface area (Å²) >= 11 is 0. The van der Waals surface area contributed by atoms with Crippen molar-refractivity contribution in [3.05, 3.63) is 29.3 Å². The highest BCUT2D eigenvalue weighted by Crippen LogP contribution is 2.38. The first-order valence-corrected chi connectivity index (χ1v) is 7.41. The van der Waals surface area contributed by atoms with Gasteiger partial charge in [-0.2, -0.15) is 13.2 Å². The van der Waals surface area contributed by atoms with E-state index < -0.39 is 11.7 Å². The van der Waals surface area contributed by atoms with Crippen LogP contribution in [0.25, 0.3) is 0 Å². The molecular formula is C16H21F3N2O. The maximum absolute atomic E-state index is 13.2. The van der Waals surface area contributed by atoms with E-state index in [0.717, 1.165) is 6.42 Å². The van der Waals surface area contributed by atoms with Crippen LogP contribution in [0.4, 0.5) is 18.9 Å². The first-order valence-electron chi connectivity index (χ1n) is 7.41. The molecule has 1 aromatic rings. The molecular weight excluding hydrogens is 293 g/mol. The number of benzene rings is 1. The van der Waals surface area contributed by atoms with Gasteiger partial charge in [-0.15, -0.1) is 0 Å². The highest BCUT2D eigenvalue weighted by Gasteiger charge is 2.35. The minimum Gasteiger partial charge on any atom is -0.369 e. The van der Waals surface area contributed by atoms with Crippen LogP contribution >= 0.6 is 0 Å². The topological polar surface area (TPSA) is 32.3 Å². The second-order valence-electron chi connectivity index (χ2n) is 6.06. The van der Waals surface area contributed by atoms with Crippen molar-refractivity contribution in [2.45, 2.75) is 45.3 Å². The van der Waals surface area contributed by atoms with Crippen molar-refractivity contribution in [1.29, 1.82) is 0 Å². The third-order valence-electron chi connectivity index (χ3n) is 3.93. The molecule has 0 bridgehead atoms. The Morgan fingerprint density at radius 1 is 1.36 bits per heavy atom. The van der Waals surface area contributed by atoms with Gasteiger partial charge in [0, 0.05) is 31.7 Å². The van der Waals surface area contributed by atoms with Crippen LogP contribution in [0.2, 0.25) is 0 Å². The average molecular weight is 314 g/mol. The number of carbonyl (C=O) groups is 1. The largest absolute Gasteiger partial charge is 0.416 e. The van der Waals surface area contributed by atoms with E-state index in [-0.39, 0.29) is 17.9 Å². The zero-order chi connectivity index (χ0) is 16.5. The first-order chi connectivity index (χ1) is 10.2. The quantitative estimate of drug-likeness (QED) is 0.925. The highest BCUT2D eigenvalue weighted by atomic mass is 19.4. The van der Waals surface area contributed by atoms with Crippen LogP contribution in [0.1, 0.15) is 44.2 Å². The molecule has 1 saturated heterocycles. The van der Waals surface area contributed by atoms with Gasteiger partial charge in [0.2, 0.25) is 5.91 Å². The van der Waals surface area contributed by atoms with Crippen molar-refractivity contribution in [2.75, 3.05) is 18.0 Å². The van der Waals surface area contributed by atoms with Gasteiger partial charge in [-0.1, -0.05) is 19.9 Å². The normalized spacial score (nSPS) is 18.9. The van der Waals surface area contributed by atoms with E-state index in [4.69, 9.17) is 0 Å². The maximum Gasteiger partial charge on any atom is 0.416 e. The molecule has 0 radical (unpaired) electrons. The van der Waals surface area contributed by atoms with Crippen molar-refractivity contribution in [3.63, 3.8) is 0 Å². The van der Waals surface area contributed by atoms with Gasteiger partial charge in [-0.25, -0.2) is 0 Å². The van der Waals surface area contributed by atoms with Gasteiger partial charge in [0.05, 0.1) is 5.56 Å². The Morgan fingerprint density at radius 2 is 2.05 bits per heavy atom. The van der Waals surface area contributed by atoms with E-state index in [9.17, 15) is 18.0 Å². The Labute approximate surface area is 128 Å². The van der Waals surface area contributed by atoms with Gasteiger partial charge < -0.3 is 10.2 Å². The van der Waals surface area contributed by atoms with Crippen LogP contribution in [-0.4, -0.2) is 25.0 Å². The summed E-state index contributed by atoms with van der Waals surface area (Å²) < 4.78 is 39.7. The zero-order valence-corrected chi connectivity index (χ0v) is 13.0. The van der Waals surface area contributed by atoms with Crippen LogP contribution in [0.3, 0.4) is 0 Å². The van der Waals surface area contributed by atoms with Crippen molar-refractivity contribution in [2.24, 2.45) is 0 Å². The van der Waals surface area contributed by atoms with Gasteiger partial charge >= 0.3 is 6.18 Å². The lowest BCUT2D eigenvalue weighted by molar-refractivity contribution is -0.138. The minimum absolute atomic E-state index is 0.00314. The van der Waals surface area contributed by atoms with Gasteiger partial charge in [0.25, 0.3) is 0 Å². The molecule has 1 amide bonds. The molecule has 1 atom stereocenters. The Hall–Kier alpha value is -1.72. The van der Waals surface area contributed by atoms with Crippen molar-refractivity contribution in [1.82, 2.24) is 5.32 Å². The molecule has 0 aromatic heterocycles. The lowest BCUT2D eigenvalue weighted by Crippen LogP contribution is -2.35. The molecule has 0 spiro atoms. The minimum atomic E-state index is -4.35. The molecule has 0 saturated carbocycles. The number of hydrogen-bond donors (Lipinski definition) is 1. The number of halogens is 3. The van der Waals surface area contributed by atoms with Crippen LogP contribution in [0.15, 0.2) is 18.2 Å². The summed E-state index contributed by atoms with van der Waals surface area (Å²) in [6.45, 7) is 6.14. The number of rotatable bonds is 3. The molecule has 1 unspecified atom stereocenters. The summed E-state index contributed by atoms with van der Waals surface area (Å²) in [5.41, 5.74) is 0.307.